The zero-order valence-corrected chi connectivity index (χ0v) is 10.2. The molecule has 0 amide bonds. The average molecular weight is 286 g/mol. The fourth-order valence-electron chi connectivity index (χ4n) is 1.83. The molecule has 1 aromatic heterocycles. The van der Waals surface area contributed by atoms with Crippen LogP contribution in [0.4, 0.5) is 13.2 Å². The Labute approximate surface area is 110 Å². The third-order valence-electron chi connectivity index (χ3n) is 2.81. The number of aromatic carboxylic acids is 1. The smallest absolute Gasteiger partial charge is 0.416 e. The highest BCUT2D eigenvalue weighted by Gasteiger charge is 2.30. The number of carbonyl (C=O) groups is 1. The van der Waals surface area contributed by atoms with Crippen molar-refractivity contribution in [2.24, 2.45) is 7.05 Å². The normalized spacial score (nSPS) is 11.6. The summed E-state index contributed by atoms with van der Waals surface area (Å²) in [5, 5.41) is 8.99. The second-order valence-corrected chi connectivity index (χ2v) is 4.09. The summed E-state index contributed by atoms with van der Waals surface area (Å²) in [5.74, 6) is -1.36. The fourth-order valence-corrected chi connectivity index (χ4v) is 1.83. The van der Waals surface area contributed by atoms with Gasteiger partial charge in [0.25, 0.3) is 0 Å². The molecule has 0 radical (unpaired) electrons. The summed E-state index contributed by atoms with van der Waals surface area (Å²) in [4.78, 5) is 24.6. The van der Waals surface area contributed by atoms with Gasteiger partial charge in [0.2, 0.25) is 0 Å². The molecule has 0 bridgehead atoms. The van der Waals surface area contributed by atoms with Gasteiger partial charge < -0.3 is 5.11 Å². The number of carboxylic acids is 1. The molecule has 106 valence electrons. The van der Waals surface area contributed by atoms with Gasteiger partial charge in [-0.3, -0.25) is 9.55 Å². The van der Waals surface area contributed by atoms with Crippen molar-refractivity contribution in [1.82, 2.24) is 9.55 Å². The van der Waals surface area contributed by atoms with Crippen LogP contribution in [0, 0.1) is 0 Å². The second-order valence-electron chi connectivity index (χ2n) is 4.09. The van der Waals surface area contributed by atoms with E-state index in [1.54, 1.807) is 0 Å². The monoisotopic (exact) mass is 286 g/mol. The van der Waals surface area contributed by atoms with Gasteiger partial charge in [-0.2, -0.15) is 13.2 Å². The van der Waals surface area contributed by atoms with Crippen LogP contribution in [0.3, 0.4) is 0 Å². The second kappa shape index (κ2) is 4.55. The van der Waals surface area contributed by atoms with E-state index in [9.17, 15) is 22.8 Å². The lowest BCUT2D eigenvalue weighted by Gasteiger charge is -2.08. The zero-order chi connectivity index (χ0) is 15.1. The summed E-state index contributed by atoms with van der Waals surface area (Å²) < 4.78 is 38.4. The van der Waals surface area contributed by atoms with Gasteiger partial charge in [-0.25, -0.2) is 9.59 Å². The van der Waals surface area contributed by atoms with Crippen LogP contribution in [0.2, 0.25) is 0 Å². The molecule has 2 rings (SSSR count). The summed E-state index contributed by atoms with van der Waals surface area (Å²) >= 11 is 0. The number of aromatic amines is 1. The predicted octanol–water partition coefficient (Wildman–Crippen LogP) is 2.10. The molecule has 0 aliphatic carbocycles. The molecule has 20 heavy (non-hydrogen) atoms. The Bertz CT molecular complexity index is 711. The van der Waals surface area contributed by atoms with Crippen LogP contribution >= 0.6 is 0 Å². The SMILES string of the molecule is Cn1c(-c2ccc(C(F)(F)F)cc2)c(C(=O)O)[nH]c1=O. The molecule has 2 N–H and O–H groups in total. The fraction of sp³-hybridized carbons (Fsp3) is 0.167. The average Bonchev–Trinajstić information content (AvgIpc) is 2.65. The van der Waals surface area contributed by atoms with Gasteiger partial charge in [0.1, 0.15) is 0 Å². The van der Waals surface area contributed by atoms with E-state index in [1.165, 1.54) is 7.05 Å². The molecule has 2 aromatic rings. The lowest BCUT2D eigenvalue weighted by molar-refractivity contribution is -0.137. The molecular formula is C12H9F3N2O3. The molecule has 0 aliphatic rings. The molecule has 8 heteroatoms. The lowest BCUT2D eigenvalue weighted by Crippen LogP contribution is -2.13. The number of rotatable bonds is 2. The van der Waals surface area contributed by atoms with Crippen molar-refractivity contribution in [3.63, 3.8) is 0 Å². The van der Waals surface area contributed by atoms with Crippen LogP contribution in [-0.2, 0) is 13.2 Å². The lowest BCUT2D eigenvalue weighted by atomic mass is 10.1. The van der Waals surface area contributed by atoms with Gasteiger partial charge in [0.15, 0.2) is 5.69 Å². The van der Waals surface area contributed by atoms with Crippen molar-refractivity contribution < 1.29 is 23.1 Å². The number of halogens is 3. The van der Waals surface area contributed by atoms with Crippen molar-refractivity contribution in [2.75, 3.05) is 0 Å². The largest absolute Gasteiger partial charge is 0.477 e. The number of alkyl halides is 3. The van der Waals surface area contributed by atoms with E-state index in [0.717, 1.165) is 28.8 Å². The van der Waals surface area contributed by atoms with Gasteiger partial charge in [-0.15, -0.1) is 0 Å². The van der Waals surface area contributed by atoms with Gasteiger partial charge in [-0.1, -0.05) is 12.1 Å². The number of benzene rings is 1. The first-order chi connectivity index (χ1) is 9.21. The maximum absolute atomic E-state index is 12.5. The maximum atomic E-state index is 12.5. The standard InChI is InChI=1S/C12H9F3N2O3/c1-17-9(8(10(18)19)16-11(17)20)6-2-4-7(5-3-6)12(13,14)15/h2-5H,1H3,(H,16,20)(H,18,19). The van der Waals surface area contributed by atoms with Gasteiger partial charge >= 0.3 is 17.8 Å². The maximum Gasteiger partial charge on any atom is 0.416 e. The van der Waals surface area contributed by atoms with Gasteiger partial charge in [0.05, 0.1) is 11.3 Å². The third kappa shape index (κ3) is 2.31. The Kier molecular flexibility index (Phi) is 3.16. The van der Waals surface area contributed by atoms with E-state index in [4.69, 9.17) is 5.11 Å². The summed E-state index contributed by atoms with van der Waals surface area (Å²) in [5.41, 5.74) is -1.64. The number of imidazole rings is 1. The van der Waals surface area contributed by atoms with Crippen LogP contribution in [0.1, 0.15) is 16.1 Å². The number of hydrogen-bond donors (Lipinski definition) is 2. The molecule has 1 aromatic carbocycles. The van der Waals surface area contributed by atoms with Crippen LogP contribution in [0.25, 0.3) is 11.3 Å². The highest BCUT2D eigenvalue weighted by Crippen LogP contribution is 2.31. The first kappa shape index (κ1) is 13.9. The molecule has 1 heterocycles. The van der Waals surface area contributed by atoms with Crippen molar-refractivity contribution in [2.45, 2.75) is 6.18 Å². The Morgan fingerprint density at radius 3 is 2.25 bits per heavy atom. The van der Waals surface area contributed by atoms with Crippen molar-refractivity contribution >= 4 is 5.97 Å². The molecule has 0 saturated carbocycles. The summed E-state index contributed by atoms with van der Waals surface area (Å²) in [6, 6.07) is 3.91. The van der Waals surface area contributed by atoms with Crippen LogP contribution in [0.15, 0.2) is 29.1 Å². The molecule has 0 saturated heterocycles. The topological polar surface area (TPSA) is 75.1 Å². The van der Waals surface area contributed by atoms with Gasteiger partial charge in [0, 0.05) is 12.6 Å². The quantitative estimate of drug-likeness (QED) is 0.887. The molecule has 0 unspecified atom stereocenters. The Morgan fingerprint density at radius 1 is 1.25 bits per heavy atom. The summed E-state index contributed by atoms with van der Waals surface area (Å²) in [7, 11) is 1.33. The highest BCUT2D eigenvalue weighted by atomic mass is 19.4. The minimum Gasteiger partial charge on any atom is -0.477 e. The highest BCUT2D eigenvalue weighted by molar-refractivity contribution is 5.92. The first-order valence-corrected chi connectivity index (χ1v) is 5.41. The van der Waals surface area contributed by atoms with Crippen LogP contribution in [-0.4, -0.2) is 20.6 Å². The molecule has 0 atom stereocenters. The van der Waals surface area contributed by atoms with Crippen LogP contribution < -0.4 is 5.69 Å². The number of H-pyrrole nitrogens is 1. The third-order valence-corrected chi connectivity index (χ3v) is 2.81. The minimum absolute atomic E-state index is 0.0243. The van der Waals surface area contributed by atoms with E-state index in [1.807, 2.05) is 0 Å². The first-order valence-electron chi connectivity index (χ1n) is 5.41. The Morgan fingerprint density at radius 2 is 1.80 bits per heavy atom. The van der Waals surface area contributed by atoms with E-state index in [0.29, 0.717) is 0 Å². The Balaban J connectivity index is 2.58. The number of aromatic nitrogens is 2. The number of nitrogens with zero attached hydrogens (tertiary/aromatic N) is 1. The molecule has 0 fully saturated rings. The van der Waals surface area contributed by atoms with E-state index in [2.05, 4.69) is 4.98 Å². The van der Waals surface area contributed by atoms with E-state index >= 15 is 0 Å². The van der Waals surface area contributed by atoms with Crippen molar-refractivity contribution in [1.29, 1.82) is 0 Å². The molecular weight excluding hydrogens is 277 g/mol. The van der Waals surface area contributed by atoms with Gasteiger partial charge in [-0.05, 0) is 12.1 Å². The number of nitrogens with one attached hydrogen (secondary N) is 1. The van der Waals surface area contributed by atoms with E-state index < -0.39 is 23.4 Å². The predicted molar refractivity (Wildman–Crippen MR) is 63.4 cm³/mol. The Hall–Kier alpha value is -2.51. The molecule has 0 aliphatic heterocycles. The molecule has 0 spiro atoms. The van der Waals surface area contributed by atoms with Crippen molar-refractivity contribution in [3.05, 3.63) is 46.0 Å². The van der Waals surface area contributed by atoms with E-state index in [-0.39, 0.29) is 17.0 Å². The van der Waals surface area contributed by atoms with Crippen LogP contribution in [0.5, 0.6) is 0 Å². The summed E-state index contributed by atoms with van der Waals surface area (Å²) in [6.07, 6.45) is -4.47. The number of hydrogen-bond acceptors (Lipinski definition) is 2. The number of carboxylic acid groups (broad SMARTS) is 1. The van der Waals surface area contributed by atoms with Crippen molar-refractivity contribution in [3.8, 4) is 11.3 Å². The minimum atomic E-state index is -4.47. The summed E-state index contributed by atoms with van der Waals surface area (Å²) in [6.45, 7) is 0. The molecule has 5 nitrogen and oxygen atoms in total. The zero-order valence-electron chi connectivity index (χ0n) is 10.2.